The molecule has 0 radical (unpaired) electrons. The van der Waals surface area contributed by atoms with E-state index in [1.54, 1.807) is 0 Å². The van der Waals surface area contributed by atoms with Gasteiger partial charge >= 0.3 is 6.72 Å². The number of rotatable bonds is 2. The van der Waals surface area contributed by atoms with Gasteiger partial charge in [-0.05, 0) is 35.8 Å². The fourth-order valence-electron chi connectivity index (χ4n) is 1.01. The Bertz CT molecular complexity index is 287. The molecule has 5 heteroatoms. The number of hydrogen-bond donors (Lipinski definition) is 3. The summed E-state index contributed by atoms with van der Waals surface area (Å²) in [6.07, 6.45) is 2.29. The van der Waals surface area contributed by atoms with Crippen LogP contribution in [0.25, 0.3) is 0 Å². The summed E-state index contributed by atoms with van der Waals surface area (Å²) in [5, 5.41) is 0. The fourth-order valence-corrected chi connectivity index (χ4v) is 1.01. The summed E-state index contributed by atoms with van der Waals surface area (Å²) >= 11 is 3.60. The van der Waals surface area contributed by atoms with E-state index in [2.05, 4.69) is 49.9 Å². The second-order valence-electron chi connectivity index (χ2n) is 3.04. The standard InChI is InChI=1S/C10H14.H3O3PS/c1-3-9-5-7-10(4-2)8-6-9;1-4(2,3)5/h5-8H,3-4H2,1-2H3;(H3,1,2,3,5). The summed E-state index contributed by atoms with van der Waals surface area (Å²) in [5.74, 6) is 0. The van der Waals surface area contributed by atoms with Gasteiger partial charge in [-0.2, -0.15) is 0 Å². The molecule has 1 aromatic carbocycles. The maximum Gasteiger partial charge on any atom is 0.319 e. The van der Waals surface area contributed by atoms with E-state index in [0.717, 1.165) is 12.8 Å². The van der Waals surface area contributed by atoms with Crippen LogP contribution in [0, 0.1) is 0 Å². The zero-order chi connectivity index (χ0) is 11.9. The molecule has 0 heterocycles. The maximum atomic E-state index is 7.56. The molecule has 0 aromatic heterocycles. The van der Waals surface area contributed by atoms with Gasteiger partial charge in [0, 0.05) is 0 Å². The summed E-state index contributed by atoms with van der Waals surface area (Å²) in [4.78, 5) is 22.7. The van der Waals surface area contributed by atoms with Crippen LogP contribution in [0.2, 0.25) is 0 Å². The Hall–Kier alpha value is -0.250. The van der Waals surface area contributed by atoms with Gasteiger partial charge in [-0.3, -0.25) is 0 Å². The van der Waals surface area contributed by atoms with Crippen LogP contribution in [-0.2, 0) is 24.6 Å². The Balaban J connectivity index is 0.000000336. The zero-order valence-corrected chi connectivity index (χ0v) is 10.6. The molecule has 3 N–H and O–H groups in total. The highest BCUT2D eigenvalue weighted by atomic mass is 32.5. The van der Waals surface area contributed by atoms with E-state index < -0.39 is 6.72 Å². The average Bonchev–Trinajstić information content (AvgIpc) is 2.15. The van der Waals surface area contributed by atoms with E-state index in [0.29, 0.717) is 0 Å². The van der Waals surface area contributed by atoms with Gasteiger partial charge in [0.1, 0.15) is 0 Å². The summed E-state index contributed by atoms with van der Waals surface area (Å²) in [6.45, 7) is 0.557. The number of hydrogen-bond acceptors (Lipinski definition) is 1. The Labute approximate surface area is 95.7 Å². The second-order valence-corrected chi connectivity index (χ2v) is 5.53. The lowest BCUT2D eigenvalue weighted by atomic mass is 10.1. The monoisotopic (exact) mass is 248 g/mol. The van der Waals surface area contributed by atoms with Gasteiger partial charge in [0.2, 0.25) is 0 Å². The predicted octanol–water partition coefficient (Wildman–Crippen LogP) is 2.00. The topological polar surface area (TPSA) is 60.7 Å². The van der Waals surface area contributed by atoms with Crippen LogP contribution in [0.4, 0.5) is 0 Å². The van der Waals surface area contributed by atoms with Crippen molar-refractivity contribution in [1.29, 1.82) is 0 Å². The van der Waals surface area contributed by atoms with Gasteiger partial charge < -0.3 is 14.7 Å². The van der Waals surface area contributed by atoms with Crippen molar-refractivity contribution in [3.8, 4) is 0 Å². The van der Waals surface area contributed by atoms with Crippen molar-refractivity contribution in [2.45, 2.75) is 26.7 Å². The van der Waals surface area contributed by atoms with Gasteiger partial charge in [-0.15, -0.1) is 0 Å². The molecule has 3 nitrogen and oxygen atoms in total. The first-order valence-electron chi connectivity index (χ1n) is 4.73. The van der Waals surface area contributed by atoms with Gasteiger partial charge in [0.05, 0.1) is 0 Å². The van der Waals surface area contributed by atoms with Gasteiger partial charge in [-0.25, -0.2) is 0 Å². The minimum absolute atomic E-state index is 1.14. The molecule has 86 valence electrons. The molecule has 0 aliphatic rings. The van der Waals surface area contributed by atoms with Crippen molar-refractivity contribution in [3.05, 3.63) is 35.4 Å². The lowest BCUT2D eigenvalue weighted by Gasteiger charge is -1.97. The molecular weight excluding hydrogens is 231 g/mol. The molecule has 1 aromatic rings. The summed E-state index contributed by atoms with van der Waals surface area (Å²) in [5.41, 5.74) is 2.86. The van der Waals surface area contributed by atoms with E-state index in [1.807, 2.05) is 0 Å². The van der Waals surface area contributed by atoms with Crippen LogP contribution in [-0.4, -0.2) is 14.7 Å². The van der Waals surface area contributed by atoms with Crippen molar-refractivity contribution in [1.82, 2.24) is 0 Å². The third-order valence-electron chi connectivity index (χ3n) is 1.84. The Morgan fingerprint density at radius 1 is 0.933 bits per heavy atom. The molecule has 1 rings (SSSR count). The molecule has 15 heavy (non-hydrogen) atoms. The second kappa shape index (κ2) is 7.09. The molecule has 0 unspecified atom stereocenters. The average molecular weight is 248 g/mol. The molecule has 0 saturated heterocycles. The van der Waals surface area contributed by atoms with Gasteiger partial charge in [0.15, 0.2) is 0 Å². The largest absolute Gasteiger partial charge is 0.325 e. The van der Waals surface area contributed by atoms with Crippen molar-refractivity contribution < 1.29 is 14.7 Å². The van der Waals surface area contributed by atoms with Crippen LogP contribution in [0.3, 0.4) is 0 Å². The van der Waals surface area contributed by atoms with Gasteiger partial charge in [0.25, 0.3) is 0 Å². The molecule has 0 aliphatic carbocycles. The molecule has 0 bridgehead atoms. The number of aryl methyl sites for hydroxylation is 2. The highest BCUT2D eigenvalue weighted by Gasteiger charge is 1.92. The van der Waals surface area contributed by atoms with Crippen molar-refractivity contribution >= 4 is 18.5 Å². The first-order valence-corrected chi connectivity index (χ1v) is 7.39. The highest BCUT2D eigenvalue weighted by molar-refractivity contribution is 8.06. The zero-order valence-electron chi connectivity index (χ0n) is 8.92. The third-order valence-corrected chi connectivity index (χ3v) is 1.84. The Morgan fingerprint density at radius 2 is 1.13 bits per heavy atom. The van der Waals surface area contributed by atoms with Crippen LogP contribution >= 0.6 is 6.72 Å². The van der Waals surface area contributed by atoms with Crippen LogP contribution < -0.4 is 0 Å². The normalized spacial score (nSPS) is 10.5. The third kappa shape index (κ3) is 10.0. The first kappa shape index (κ1) is 14.8. The molecule has 0 atom stereocenters. The molecule has 0 fully saturated rings. The minimum Gasteiger partial charge on any atom is -0.325 e. The summed E-state index contributed by atoms with van der Waals surface area (Å²) < 4.78 is 0. The minimum atomic E-state index is -3.81. The quantitative estimate of drug-likeness (QED) is 0.701. The van der Waals surface area contributed by atoms with Crippen LogP contribution in [0.5, 0.6) is 0 Å². The van der Waals surface area contributed by atoms with Gasteiger partial charge in [-0.1, -0.05) is 38.1 Å². The Morgan fingerprint density at radius 3 is 1.27 bits per heavy atom. The molecule has 0 saturated carbocycles. The molecule has 0 amide bonds. The lowest BCUT2D eigenvalue weighted by Crippen LogP contribution is -1.81. The fraction of sp³-hybridized carbons (Fsp3) is 0.400. The van der Waals surface area contributed by atoms with Crippen molar-refractivity contribution in [3.63, 3.8) is 0 Å². The number of benzene rings is 1. The maximum absolute atomic E-state index is 7.56. The van der Waals surface area contributed by atoms with E-state index in [4.69, 9.17) is 14.7 Å². The van der Waals surface area contributed by atoms with E-state index >= 15 is 0 Å². The molecule has 0 aliphatic heterocycles. The van der Waals surface area contributed by atoms with E-state index in [9.17, 15) is 0 Å². The Kier molecular flexibility index (Phi) is 6.98. The lowest BCUT2D eigenvalue weighted by molar-refractivity contribution is 0.363. The smallest absolute Gasteiger partial charge is 0.319 e. The molecule has 0 spiro atoms. The summed E-state index contributed by atoms with van der Waals surface area (Å²) in [6, 6.07) is 8.83. The predicted molar refractivity (Wildman–Crippen MR) is 66.1 cm³/mol. The summed E-state index contributed by atoms with van der Waals surface area (Å²) in [7, 11) is 0. The van der Waals surface area contributed by atoms with Crippen LogP contribution in [0.15, 0.2) is 24.3 Å². The SMILES string of the molecule is CCc1ccc(CC)cc1.OP(O)(O)=S. The van der Waals surface area contributed by atoms with E-state index in [-0.39, 0.29) is 0 Å². The van der Waals surface area contributed by atoms with Crippen LogP contribution in [0.1, 0.15) is 25.0 Å². The van der Waals surface area contributed by atoms with Crippen molar-refractivity contribution in [2.24, 2.45) is 0 Å². The first-order chi connectivity index (χ1) is 6.86. The highest BCUT2D eigenvalue weighted by Crippen LogP contribution is 2.26. The molecular formula is C10H17O3PS. The van der Waals surface area contributed by atoms with E-state index in [1.165, 1.54) is 11.1 Å². The van der Waals surface area contributed by atoms with Crippen molar-refractivity contribution in [2.75, 3.05) is 0 Å².